The van der Waals surface area contributed by atoms with Crippen molar-refractivity contribution in [2.75, 3.05) is 25.5 Å². The van der Waals surface area contributed by atoms with Crippen LogP contribution in [0.25, 0.3) is 0 Å². The van der Waals surface area contributed by atoms with E-state index in [4.69, 9.17) is 14.2 Å². The van der Waals surface area contributed by atoms with Crippen molar-refractivity contribution in [3.05, 3.63) is 101 Å². The summed E-state index contributed by atoms with van der Waals surface area (Å²) in [6.45, 7) is 9.13. The molecule has 0 spiro atoms. The van der Waals surface area contributed by atoms with E-state index in [2.05, 4.69) is 36.3 Å². The molecule has 6 rings (SSSR count). The van der Waals surface area contributed by atoms with Crippen molar-refractivity contribution in [2.45, 2.75) is 90.1 Å². The van der Waals surface area contributed by atoms with Crippen molar-refractivity contribution in [1.29, 1.82) is 0 Å². The first-order valence-corrected chi connectivity index (χ1v) is 17.1. The molecule has 3 aromatic carbocycles. The molecule has 0 radical (unpaired) electrons. The summed E-state index contributed by atoms with van der Waals surface area (Å²) in [5.41, 5.74) is 4.80. The Balaban J connectivity index is 1.18. The molecule has 3 N–H and O–H groups in total. The lowest BCUT2D eigenvalue weighted by Gasteiger charge is -2.41. The molecule has 256 valence electrons. The molecule has 9 heteroatoms. The molecule has 6 atom stereocenters. The number of esters is 1. The van der Waals surface area contributed by atoms with Gasteiger partial charge in [0, 0.05) is 43.2 Å². The standard InChI is InChI=1S/C39H49N3O6/c1-38(2)20-31-21-39(3,24-38)25-42(31)22-32-19-34(28-15-13-27(23-43)14-16-28)48-36(47-32)29-11-8-12-30(18-29)40-37(45)41-33(35(44)46-4)17-26-9-6-5-7-10-26/h5-16,18,31-34,36,43H,17,19-25H2,1-4H3,(H2,40,41,45). The fourth-order valence-electron chi connectivity index (χ4n) is 8.36. The second-order valence-corrected chi connectivity index (χ2v) is 15.0. The number of methoxy groups -OCH3 is 1. The third-order valence-electron chi connectivity index (χ3n) is 10.1. The number of hydrogen-bond acceptors (Lipinski definition) is 7. The van der Waals surface area contributed by atoms with E-state index in [0.29, 0.717) is 29.0 Å². The predicted molar refractivity (Wildman–Crippen MR) is 184 cm³/mol. The highest BCUT2D eigenvalue weighted by Gasteiger charge is 2.50. The molecule has 6 unspecified atom stereocenters. The van der Waals surface area contributed by atoms with Crippen LogP contribution in [-0.4, -0.2) is 60.4 Å². The van der Waals surface area contributed by atoms with Crippen LogP contribution in [-0.2, 0) is 32.0 Å². The van der Waals surface area contributed by atoms with E-state index >= 15 is 0 Å². The molecule has 0 aromatic heterocycles. The predicted octanol–water partition coefficient (Wildman–Crippen LogP) is 6.53. The molecule has 3 fully saturated rings. The Morgan fingerprint density at radius 2 is 1.73 bits per heavy atom. The summed E-state index contributed by atoms with van der Waals surface area (Å²) < 4.78 is 18.3. The van der Waals surface area contributed by atoms with E-state index < -0.39 is 24.3 Å². The van der Waals surface area contributed by atoms with Gasteiger partial charge in [-0.2, -0.15) is 0 Å². The lowest BCUT2D eigenvalue weighted by molar-refractivity contribution is -0.253. The Kier molecular flexibility index (Phi) is 10.2. The van der Waals surface area contributed by atoms with E-state index in [-0.39, 0.29) is 18.8 Å². The summed E-state index contributed by atoms with van der Waals surface area (Å²) in [5, 5.41) is 15.2. The average molecular weight is 656 g/mol. The Morgan fingerprint density at radius 3 is 2.46 bits per heavy atom. The Hall–Kier alpha value is -3.76. The van der Waals surface area contributed by atoms with Gasteiger partial charge in [-0.3, -0.25) is 4.90 Å². The molecule has 2 bridgehead atoms. The fraction of sp³-hybridized carbons (Fsp3) is 0.487. The summed E-state index contributed by atoms with van der Waals surface area (Å²) >= 11 is 0. The van der Waals surface area contributed by atoms with Crippen molar-refractivity contribution >= 4 is 17.7 Å². The molecule has 2 saturated heterocycles. The lowest BCUT2D eigenvalue weighted by Crippen LogP contribution is -2.45. The molecule has 9 nitrogen and oxygen atoms in total. The first kappa shape index (κ1) is 34.1. The maximum Gasteiger partial charge on any atom is 0.328 e. The summed E-state index contributed by atoms with van der Waals surface area (Å²) in [6, 6.07) is 24.1. The summed E-state index contributed by atoms with van der Waals surface area (Å²) in [5.74, 6) is -0.518. The van der Waals surface area contributed by atoms with Crippen molar-refractivity contribution in [3.63, 3.8) is 0 Å². The number of likely N-dealkylation sites (tertiary alicyclic amines) is 1. The van der Waals surface area contributed by atoms with Crippen LogP contribution in [0.2, 0.25) is 0 Å². The van der Waals surface area contributed by atoms with Gasteiger partial charge in [0.15, 0.2) is 6.29 Å². The highest BCUT2D eigenvalue weighted by Crippen LogP contribution is 2.53. The number of aliphatic hydroxyl groups excluding tert-OH is 1. The minimum atomic E-state index is -0.845. The van der Waals surface area contributed by atoms with E-state index in [1.165, 1.54) is 26.4 Å². The molecule has 48 heavy (non-hydrogen) atoms. The first-order valence-electron chi connectivity index (χ1n) is 17.1. The van der Waals surface area contributed by atoms with Gasteiger partial charge in [0.1, 0.15) is 6.04 Å². The van der Waals surface area contributed by atoms with Crippen LogP contribution in [0.5, 0.6) is 0 Å². The number of nitrogens with zero attached hydrogens (tertiary/aromatic N) is 1. The zero-order valence-electron chi connectivity index (χ0n) is 28.5. The highest BCUT2D eigenvalue weighted by molar-refractivity contribution is 5.92. The highest BCUT2D eigenvalue weighted by atomic mass is 16.7. The van der Waals surface area contributed by atoms with E-state index in [1.54, 1.807) is 6.07 Å². The van der Waals surface area contributed by atoms with Gasteiger partial charge in [-0.25, -0.2) is 9.59 Å². The van der Waals surface area contributed by atoms with Crippen LogP contribution in [0.1, 0.15) is 81.1 Å². The Bertz CT molecular complexity index is 1560. The Labute approximate surface area is 284 Å². The number of benzene rings is 3. The van der Waals surface area contributed by atoms with Crippen LogP contribution < -0.4 is 10.6 Å². The number of carbonyl (C=O) groups excluding carboxylic acids is 2. The van der Waals surface area contributed by atoms with Gasteiger partial charge < -0.3 is 30.0 Å². The third kappa shape index (κ3) is 8.26. The van der Waals surface area contributed by atoms with Gasteiger partial charge >= 0.3 is 12.0 Å². The second kappa shape index (κ2) is 14.4. The number of nitrogens with one attached hydrogen (secondary N) is 2. The molecule has 3 aromatic rings. The number of rotatable bonds is 10. The normalized spacial score (nSPS) is 27.2. The summed E-state index contributed by atoms with van der Waals surface area (Å²) in [7, 11) is 1.31. The number of anilines is 1. The topological polar surface area (TPSA) is 109 Å². The molecular formula is C39H49N3O6. The third-order valence-corrected chi connectivity index (χ3v) is 10.1. The van der Waals surface area contributed by atoms with Crippen LogP contribution in [0.15, 0.2) is 78.9 Å². The number of hydrogen-bond donors (Lipinski definition) is 3. The summed E-state index contributed by atoms with van der Waals surface area (Å²) in [4.78, 5) is 28.2. The van der Waals surface area contributed by atoms with Crippen LogP contribution >= 0.6 is 0 Å². The number of ether oxygens (including phenoxy) is 3. The molecule has 1 saturated carbocycles. The molecule has 2 heterocycles. The van der Waals surface area contributed by atoms with Gasteiger partial charge in [-0.15, -0.1) is 0 Å². The van der Waals surface area contributed by atoms with Gasteiger partial charge in [-0.1, -0.05) is 87.5 Å². The number of amides is 2. The van der Waals surface area contributed by atoms with Crippen LogP contribution in [0.3, 0.4) is 0 Å². The van der Waals surface area contributed by atoms with Crippen molar-refractivity contribution in [1.82, 2.24) is 10.2 Å². The zero-order valence-corrected chi connectivity index (χ0v) is 28.5. The summed E-state index contributed by atoms with van der Waals surface area (Å²) in [6.07, 6.45) is 3.78. The maximum atomic E-state index is 13.1. The molecule has 2 aliphatic heterocycles. The monoisotopic (exact) mass is 655 g/mol. The maximum absolute atomic E-state index is 13.1. The first-order chi connectivity index (χ1) is 23.0. The molecular weight excluding hydrogens is 606 g/mol. The van der Waals surface area contributed by atoms with Crippen molar-refractivity contribution in [2.24, 2.45) is 10.8 Å². The number of urea groups is 1. The molecule has 2 amide bonds. The van der Waals surface area contributed by atoms with Gasteiger partial charge in [-0.05, 0) is 58.9 Å². The second-order valence-electron chi connectivity index (χ2n) is 15.0. The average Bonchev–Trinajstić information content (AvgIpc) is 3.31. The van der Waals surface area contributed by atoms with Gasteiger partial charge in [0.2, 0.25) is 0 Å². The minimum Gasteiger partial charge on any atom is -0.467 e. The Morgan fingerprint density at radius 1 is 0.958 bits per heavy atom. The van der Waals surface area contributed by atoms with Gasteiger partial charge in [0.05, 0.1) is 25.9 Å². The smallest absolute Gasteiger partial charge is 0.328 e. The number of carbonyl (C=O) groups is 2. The fourth-order valence-corrected chi connectivity index (χ4v) is 8.36. The van der Waals surface area contributed by atoms with E-state index in [1.807, 2.05) is 72.8 Å². The van der Waals surface area contributed by atoms with Crippen LogP contribution in [0, 0.1) is 10.8 Å². The van der Waals surface area contributed by atoms with E-state index in [0.717, 1.165) is 41.8 Å². The minimum absolute atomic E-state index is 0.00830. The van der Waals surface area contributed by atoms with Crippen molar-refractivity contribution in [3.8, 4) is 0 Å². The zero-order chi connectivity index (χ0) is 33.9. The quantitative estimate of drug-likeness (QED) is 0.213. The molecule has 3 aliphatic rings. The van der Waals surface area contributed by atoms with Crippen molar-refractivity contribution < 1.29 is 28.9 Å². The number of fused-ring (bicyclic) bond motifs is 2. The largest absolute Gasteiger partial charge is 0.467 e. The number of aliphatic hydroxyl groups is 1. The van der Waals surface area contributed by atoms with E-state index in [9.17, 15) is 14.7 Å². The SMILES string of the molecule is COC(=O)C(Cc1ccccc1)NC(=O)Nc1cccc(C2OC(CN3CC4(C)CC3CC(C)(C)C4)CC(c3ccc(CO)cc3)O2)c1. The molecule has 1 aliphatic carbocycles. The van der Waals surface area contributed by atoms with Crippen LogP contribution in [0.4, 0.5) is 10.5 Å². The van der Waals surface area contributed by atoms with Gasteiger partial charge in [0.25, 0.3) is 0 Å². The lowest BCUT2D eigenvalue weighted by atomic mass is 9.65.